The molecule has 0 bridgehead atoms. The van der Waals surface area contributed by atoms with Crippen LogP contribution < -0.4 is 5.32 Å². The van der Waals surface area contributed by atoms with E-state index >= 15 is 0 Å². The van der Waals surface area contributed by atoms with Crippen LogP contribution in [-0.2, 0) is 9.54 Å². The molecule has 0 unspecified atom stereocenters. The number of benzene rings is 1. The van der Waals surface area contributed by atoms with Crippen molar-refractivity contribution in [3.8, 4) is 0 Å². The molecule has 1 aromatic rings. The van der Waals surface area contributed by atoms with Gasteiger partial charge in [0.15, 0.2) is 0 Å². The van der Waals surface area contributed by atoms with E-state index in [0.717, 1.165) is 17.3 Å². The zero-order valence-corrected chi connectivity index (χ0v) is 9.14. The van der Waals surface area contributed by atoms with Crippen LogP contribution in [0.4, 0.5) is 4.79 Å². The molecule has 1 aliphatic rings. The van der Waals surface area contributed by atoms with Gasteiger partial charge in [-0.3, -0.25) is 14.9 Å². The second-order valence-electron chi connectivity index (χ2n) is 3.39. The predicted octanol–water partition coefficient (Wildman–Crippen LogP) is 2.27. The Kier molecular flexibility index (Phi) is 2.52. The summed E-state index contributed by atoms with van der Waals surface area (Å²) in [5, 5.41) is 2.08. The molecule has 1 saturated heterocycles. The van der Waals surface area contributed by atoms with E-state index in [9.17, 15) is 9.59 Å². The number of carbonyl (C=O) groups is 2. The molecule has 0 radical (unpaired) electrons. The van der Waals surface area contributed by atoms with Gasteiger partial charge in [0.2, 0.25) is 5.91 Å². The second kappa shape index (κ2) is 3.70. The molecule has 2 rings (SSSR count). The van der Waals surface area contributed by atoms with Gasteiger partial charge >= 0.3 is 0 Å². The Bertz CT molecular complexity index is 404. The van der Waals surface area contributed by atoms with Gasteiger partial charge in [0.1, 0.15) is 4.75 Å². The molecule has 1 fully saturated rings. The molecule has 1 aromatic carbocycles. The molecule has 15 heavy (non-hydrogen) atoms. The first-order valence-electron chi connectivity index (χ1n) is 4.79. The number of amides is 2. The number of imide groups is 1. The Morgan fingerprint density at radius 2 is 1.93 bits per heavy atom. The van der Waals surface area contributed by atoms with Crippen molar-refractivity contribution in [2.45, 2.75) is 18.1 Å². The second-order valence-corrected chi connectivity index (χ2v) is 4.66. The number of rotatable bonds is 2. The molecule has 1 heterocycles. The lowest BCUT2D eigenvalue weighted by molar-refractivity contribution is -0.122. The van der Waals surface area contributed by atoms with Crippen LogP contribution in [-0.4, -0.2) is 11.1 Å². The van der Waals surface area contributed by atoms with E-state index < -0.39 is 4.75 Å². The Balaban J connectivity index is 2.47. The zero-order chi connectivity index (χ0) is 10.9. The molecule has 1 N–H and O–H groups in total. The monoisotopic (exact) mass is 221 g/mol. The van der Waals surface area contributed by atoms with Crippen molar-refractivity contribution in [3.05, 3.63) is 35.9 Å². The van der Waals surface area contributed by atoms with Crippen LogP contribution in [0.2, 0.25) is 0 Å². The van der Waals surface area contributed by atoms with Gasteiger partial charge in [0.05, 0.1) is 0 Å². The van der Waals surface area contributed by atoms with Crippen molar-refractivity contribution in [1.82, 2.24) is 5.32 Å². The average Bonchev–Trinajstić information content (AvgIpc) is 2.56. The Labute approximate surface area is 92.2 Å². The topological polar surface area (TPSA) is 46.2 Å². The summed E-state index contributed by atoms with van der Waals surface area (Å²) in [4.78, 5) is 23.0. The number of hydrogen-bond acceptors (Lipinski definition) is 3. The minimum atomic E-state index is -0.724. The Hall–Kier alpha value is -1.29. The molecular weight excluding hydrogens is 210 g/mol. The number of hydrogen-bond donors (Lipinski definition) is 1. The van der Waals surface area contributed by atoms with Gasteiger partial charge < -0.3 is 0 Å². The fraction of sp³-hybridized carbons (Fsp3) is 0.273. The highest BCUT2D eigenvalue weighted by Crippen LogP contribution is 2.43. The third-order valence-corrected chi connectivity index (χ3v) is 3.93. The summed E-state index contributed by atoms with van der Waals surface area (Å²) in [6, 6.07) is 9.42. The highest BCUT2D eigenvalue weighted by Gasteiger charge is 2.47. The van der Waals surface area contributed by atoms with E-state index in [2.05, 4.69) is 5.32 Å². The summed E-state index contributed by atoms with van der Waals surface area (Å²) in [5.41, 5.74) is 0.890. The van der Waals surface area contributed by atoms with Gasteiger partial charge in [0, 0.05) is 0 Å². The standard InChI is InChI=1S/C11H11NO2S/c1-2-11(8-6-4-3-5-7-8)9(13)12-10(14)15-11/h3-7H,2H2,1H3,(H,12,13,14)/t11-/m1/s1. The maximum atomic E-state index is 11.8. The van der Waals surface area contributed by atoms with Crippen LogP contribution in [0.1, 0.15) is 18.9 Å². The largest absolute Gasteiger partial charge is 0.287 e. The van der Waals surface area contributed by atoms with Crippen molar-refractivity contribution in [1.29, 1.82) is 0 Å². The lowest BCUT2D eigenvalue weighted by Crippen LogP contribution is -2.33. The van der Waals surface area contributed by atoms with Gasteiger partial charge in [-0.25, -0.2) is 0 Å². The molecule has 2 amide bonds. The highest BCUT2D eigenvalue weighted by atomic mass is 32.2. The first-order valence-corrected chi connectivity index (χ1v) is 5.60. The molecule has 0 saturated carbocycles. The van der Waals surface area contributed by atoms with Gasteiger partial charge in [0.25, 0.3) is 5.24 Å². The lowest BCUT2D eigenvalue weighted by Gasteiger charge is -2.22. The van der Waals surface area contributed by atoms with E-state index in [1.54, 1.807) is 0 Å². The van der Waals surface area contributed by atoms with Crippen molar-refractivity contribution in [2.75, 3.05) is 0 Å². The maximum absolute atomic E-state index is 11.8. The predicted molar refractivity (Wildman–Crippen MR) is 59.5 cm³/mol. The minimum absolute atomic E-state index is 0.203. The number of nitrogens with one attached hydrogen (secondary N) is 1. The van der Waals surface area contributed by atoms with E-state index in [1.807, 2.05) is 37.3 Å². The molecule has 1 atom stereocenters. The first kappa shape index (κ1) is 10.2. The average molecular weight is 221 g/mol. The molecule has 4 heteroatoms. The van der Waals surface area contributed by atoms with E-state index in [4.69, 9.17) is 0 Å². The van der Waals surface area contributed by atoms with Crippen LogP contribution >= 0.6 is 11.8 Å². The summed E-state index contributed by atoms with van der Waals surface area (Å²) >= 11 is 1.07. The normalized spacial score (nSPS) is 25.4. The summed E-state index contributed by atoms with van der Waals surface area (Å²) in [6.07, 6.45) is 0.610. The van der Waals surface area contributed by atoms with E-state index in [0.29, 0.717) is 6.42 Å². The number of thioether (sulfide) groups is 1. The van der Waals surface area contributed by atoms with Crippen LogP contribution in [0.15, 0.2) is 30.3 Å². The van der Waals surface area contributed by atoms with Crippen molar-refractivity contribution >= 4 is 22.9 Å². The third-order valence-electron chi connectivity index (χ3n) is 2.59. The summed E-state index contributed by atoms with van der Waals surface area (Å²) in [6.45, 7) is 1.91. The summed E-state index contributed by atoms with van der Waals surface area (Å²) in [7, 11) is 0. The summed E-state index contributed by atoms with van der Waals surface area (Å²) in [5.74, 6) is -0.203. The molecule has 1 aliphatic heterocycles. The molecule has 0 spiro atoms. The molecule has 0 aromatic heterocycles. The molecule has 3 nitrogen and oxygen atoms in total. The maximum Gasteiger partial charge on any atom is 0.287 e. The smallest absolute Gasteiger partial charge is 0.286 e. The van der Waals surface area contributed by atoms with Crippen LogP contribution in [0, 0.1) is 0 Å². The molecular formula is C11H11NO2S. The molecule has 0 aliphatic carbocycles. The van der Waals surface area contributed by atoms with Crippen molar-refractivity contribution < 1.29 is 9.59 Å². The van der Waals surface area contributed by atoms with E-state index in [1.165, 1.54) is 0 Å². The van der Waals surface area contributed by atoms with Gasteiger partial charge in [-0.2, -0.15) is 0 Å². The minimum Gasteiger partial charge on any atom is -0.286 e. The number of carbonyl (C=O) groups excluding carboxylic acids is 2. The van der Waals surface area contributed by atoms with Crippen LogP contribution in [0.3, 0.4) is 0 Å². The fourth-order valence-electron chi connectivity index (χ4n) is 1.76. The van der Waals surface area contributed by atoms with Crippen molar-refractivity contribution in [3.63, 3.8) is 0 Å². The van der Waals surface area contributed by atoms with Crippen molar-refractivity contribution in [2.24, 2.45) is 0 Å². The third kappa shape index (κ3) is 1.55. The zero-order valence-electron chi connectivity index (χ0n) is 8.32. The van der Waals surface area contributed by atoms with Gasteiger partial charge in [-0.05, 0) is 23.7 Å². The highest BCUT2D eigenvalue weighted by molar-refractivity contribution is 8.15. The Morgan fingerprint density at radius 3 is 2.40 bits per heavy atom. The van der Waals surface area contributed by atoms with Crippen LogP contribution in [0.25, 0.3) is 0 Å². The summed E-state index contributed by atoms with van der Waals surface area (Å²) < 4.78 is -0.724. The van der Waals surface area contributed by atoms with E-state index in [-0.39, 0.29) is 11.1 Å². The Morgan fingerprint density at radius 1 is 1.27 bits per heavy atom. The van der Waals surface area contributed by atoms with Crippen LogP contribution in [0.5, 0.6) is 0 Å². The van der Waals surface area contributed by atoms with Gasteiger partial charge in [-0.15, -0.1) is 0 Å². The quantitative estimate of drug-likeness (QED) is 0.833. The molecule has 78 valence electrons. The van der Waals surface area contributed by atoms with Gasteiger partial charge in [-0.1, -0.05) is 37.3 Å². The first-order chi connectivity index (χ1) is 7.19. The lowest BCUT2D eigenvalue weighted by atomic mass is 9.94. The fourth-order valence-corrected chi connectivity index (χ4v) is 2.76. The SMILES string of the molecule is CC[C@]1(c2ccccc2)SC(=O)NC1=O.